The van der Waals surface area contributed by atoms with Crippen molar-refractivity contribution < 1.29 is 8.42 Å². The molecule has 0 amide bonds. The Labute approximate surface area is 130 Å². The number of hydrogen-bond donors (Lipinski definition) is 2. The summed E-state index contributed by atoms with van der Waals surface area (Å²) in [6.45, 7) is 2.22. The quantitative estimate of drug-likeness (QED) is 0.882. The molecule has 5 nitrogen and oxygen atoms in total. The number of piperidine rings is 1. The minimum atomic E-state index is -3.36. The number of hydrogen-bond acceptors (Lipinski definition) is 5. The molecule has 2 aliphatic rings. The second kappa shape index (κ2) is 5.79. The van der Waals surface area contributed by atoms with Gasteiger partial charge in [0.1, 0.15) is 0 Å². The number of nitrogens with one attached hydrogen (secondary N) is 2. The molecule has 21 heavy (non-hydrogen) atoms. The molecule has 2 heterocycles. The minimum Gasteiger partial charge on any atom is -0.388 e. The van der Waals surface area contributed by atoms with Crippen LogP contribution in [0.1, 0.15) is 12.8 Å². The van der Waals surface area contributed by atoms with E-state index in [-0.39, 0.29) is 4.87 Å². The molecule has 2 fully saturated rings. The molecule has 0 saturated carbocycles. The Bertz CT molecular complexity index is 585. The first-order valence-electron chi connectivity index (χ1n) is 7.23. The second-order valence-corrected chi connectivity index (χ2v) is 8.86. The lowest BCUT2D eigenvalue weighted by molar-refractivity contribution is 0.277. The van der Waals surface area contributed by atoms with Gasteiger partial charge in [-0.2, -0.15) is 4.31 Å². The van der Waals surface area contributed by atoms with Crippen molar-refractivity contribution in [2.24, 2.45) is 0 Å². The molecule has 3 rings (SSSR count). The molecule has 1 aromatic rings. The van der Waals surface area contributed by atoms with Crippen molar-refractivity contribution in [1.29, 1.82) is 0 Å². The van der Waals surface area contributed by atoms with Crippen LogP contribution in [0.3, 0.4) is 0 Å². The molecule has 1 aromatic carbocycles. The lowest BCUT2D eigenvalue weighted by Gasteiger charge is -2.38. The first-order chi connectivity index (χ1) is 10.1. The van der Waals surface area contributed by atoms with E-state index in [1.54, 1.807) is 28.6 Å². The third-order valence-electron chi connectivity index (χ3n) is 4.24. The van der Waals surface area contributed by atoms with Crippen molar-refractivity contribution in [2.75, 3.05) is 37.8 Å². The van der Waals surface area contributed by atoms with Crippen LogP contribution < -0.4 is 10.6 Å². The van der Waals surface area contributed by atoms with Gasteiger partial charge in [0.25, 0.3) is 0 Å². The molecular weight excluding hydrogens is 306 g/mol. The fourth-order valence-electron chi connectivity index (χ4n) is 2.93. The summed E-state index contributed by atoms with van der Waals surface area (Å²) in [5, 5.41) is 6.53. The summed E-state index contributed by atoms with van der Waals surface area (Å²) >= 11 is 1.94. The zero-order chi connectivity index (χ0) is 14.9. The highest BCUT2D eigenvalue weighted by Crippen LogP contribution is 2.38. The monoisotopic (exact) mass is 327 g/mol. The number of benzene rings is 1. The lowest BCUT2D eigenvalue weighted by Crippen LogP contribution is -2.49. The van der Waals surface area contributed by atoms with Gasteiger partial charge < -0.3 is 10.6 Å². The van der Waals surface area contributed by atoms with E-state index in [2.05, 4.69) is 10.6 Å². The summed E-state index contributed by atoms with van der Waals surface area (Å²) in [5.41, 5.74) is 0.915. The maximum Gasteiger partial charge on any atom is 0.243 e. The molecule has 0 atom stereocenters. The van der Waals surface area contributed by atoms with Crippen LogP contribution in [0.4, 0.5) is 5.69 Å². The Hall–Kier alpha value is -0.760. The van der Waals surface area contributed by atoms with Gasteiger partial charge in [0.05, 0.1) is 9.77 Å². The van der Waals surface area contributed by atoms with Gasteiger partial charge in [-0.15, -0.1) is 11.8 Å². The number of rotatable bonds is 3. The van der Waals surface area contributed by atoms with Gasteiger partial charge in [-0.25, -0.2) is 8.42 Å². The van der Waals surface area contributed by atoms with E-state index in [4.69, 9.17) is 0 Å². The van der Waals surface area contributed by atoms with Gasteiger partial charge in [0, 0.05) is 38.1 Å². The SMILES string of the molecule is CNc1ccc(S(=O)(=O)N2CCC3(CC2)NCCS3)cc1. The Morgan fingerprint density at radius 3 is 2.43 bits per heavy atom. The van der Waals surface area contributed by atoms with Crippen molar-refractivity contribution in [3.8, 4) is 0 Å². The first-order valence-corrected chi connectivity index (χ1v) is 9.65. The molecule has 0 bridgehead atoms. The normalized spacial score (nSPS) is 22.5. The number of thioether (sulfide) groups is 1. The van der Waals surface area contributed by atoms with Crippen LogP contribution in [-0.4, -0.2) is 50.0 Å². The number of anilines is 1. The minimum absolute atomic E-state index is 0.113. The largest absolute Gasteiger partial charge is 0.388 e. The van der Waals surface area contributed by atoms with Crippen molar-refractivity contribution >= 4 is 27.5 Å². The number of nitrogens with zero attached hydrogens (tertiary/aromatic N) is 1. The van der Waals surface area contributed by atoms with E-state index >= 15 is 0 Å². The van der Waals surface area contributed by atoms with Crippen LogP contribution in [0.25, 0.3) is 0 Å². The Kier molecular flexibility index (Phi) is 4.18. The van der Waals surface area contributed by atoms with E-state index in [0.717, 1.165) is 30.8 Å². The maximum absolute atomic E-state index is 12.7. The average molecular weight is 327 g/mol. The summed E-state index contributed by atoms with van der Waals surface area (Å²) in [6.07, 6.45) is 1.76. The van der Waals surface area contributed by atoms with E-state index in [9.17, 15) is 8.42 Å². The molecule has 1 spiro atoms. The highest BCUT2D eigenvalue weighted by molar-refractivity contribution is 8.00. The summed E-state index contributed by atoms with van der Waals surface area (Å²) in [4.78, 5) is 0.492. The van der Waals surface area contributed by atoms with Gasteiger partial charge >= 0.3 is 0 Å². The van der Waals surface area contributed by atoms with Crippen LogP contribution in [0.15, 0.2) is 29.2 Å². The van der Waals surface area contributed by atoms with Gasteiger partial charge in [0.15, 0.2) is 0 Å². The van der Waals surface area contributed by atoms with Crippen LogP contribution >= 0.6 is 11.8 Å². The van der Waals surface area contributed by atoms with Crippen LogP contribution in [0, 0.1) is 0 Å². The molecular formula is C14H21N3O2S2. The zero-order valence-corrected chi connectivity index (χ0v) is 13.8. The predicted molar refractivity (Wildman–Crippen MR) is 87.2 cm³/mol. The van der Waals surface area contributed by atoms with E-state index in [0.29, 0.717) is 18.0 Å². The Balaban J connectivity index is 1.73. The molecule has 2 N–H and O–H groups in total. The van der Waals surface area contributed by atoms with E-state index in [1.165, 1.54) is 0 Å². The molecule has 2 aliphatic heterocycles. The highest BCUT2D eigenvalue weighted by atomic mass is 32.2. The molecule has 0 aromatic heterocycles. The molecule has 0 radical (unpaired) electrons. The van der Waals surface area contributed by atoms with Crippen molar-refractivity contribution in [2.45, 2.75) is 22.6 Å². The fourth-order valence-corrected chi connectivity index (χ4v) is 5.64. The molecule has 116 valence electrons. The second-order valence-electron chi connectivity index (χ2n) is 5.45. The van der Waals surface area contributed by atoms with Crippen molar-refractivity contribution in [1.82, 2.24) is 9.62 Å². The third-order valence-corrected chi connectivity index (χ3v) is 7.66. The highest BCUT2D eigenvalue weighted by Gasteiger charge is 2.40. The Morgan fingerprint density at radius 1 is 1.24 bits per heavy atom. The molecule has 0 unspecified atom stereocenters. The average Bonchev–Trinajstić information content (AvgIpc) is 2.96. The van der Waals surface area contributed by atoms with Gasteiger partial charge in [-0.1, -0.05) is 0 Å². The summed E-state index contributed by atoms with van der Waals surface area (Å²) < 4.78 is 27.0. The standard InChI is InChI=1S/C14H21N3O2S2/c1-15-12-2-4-13(5-3-12)21(18,19)17-9-6-14(7-10-17)16-8-11-20-14/h2-5,15-16H,6-11H2,1H3. The summed E-state index contributed by atoms with van der Waals surface area (Å²) in [5.74, 6) is 1.12. The smallest absolute Gasteiger partial charge is 0.243 e. The molecule has 2 saturated heterocycles. The summed E-state index contributed by atoms with van der Waals surface area (Å²) in [7, 11) is -1.55. The summed E-state index contributed by atoms with van der Waals surface area (Å²) in [6, 6.07) is 6.95. The zero-order valence-electron chi connectivity index (χ0n) is 12.1. The van der Waals surface area contributed by atoms with E-state index < -0.39 is 10.0 Å². The van der Waals surface area contributed by atoms with Crippen molar-refractivity contribution in [3.05, 3.63) is 24.3 Å². The third kappa shape index (κ3) is 2.92. The van der Waals surface area contributed by atoms with Gasteiger partial charge in [0.2, 0.25) is 10.0 Å². The van der Waals surface area contributed by atoms with Gasteiger partial charge in [-0.05, 0) is 37.1 Å². The maximum atomic E-state index is 12.7. The molecule has 0 aliphatic carbocycles. The van der Waals surface area contributed by atoms with Crippen molar-refractivity contribution in [3.63, 3.8) is 0 Å². The Morgan fingerprint density at radius 2 is 1.90 bits per heavy atom. The number of sulfonamides is 1. The molecule has 7 heteroatoms. The van der Waals surface area contributed by atoms with Crippen LogP contribution in [0.5, 0.6) is 0 Å². The van der Waals surface area contributed by atoms with Crippen LogP contribution in [0.2, 0.25) is 0 Å². The van der Waals surface area contributed by atoms with Gasteiger partial charge in [-0.3, -0.25) is 0 Å². The topological polar surface area (TPSA) is 61.4 Å². The van der Waals surface area contributed by atoms with E-state index in [1.807, 2.05) is 18.8 Å². The van der Waals surface area contributed by atoms with Crippen LogP contribution in [-0.2, 0) is 10.0 Å². The first kappa shape index (κ1) is 15.1. The fraction of sp³-hybridized carbons (Fsp3) is 0.571. The predicted octanol–water partition coefficient (Wildman–Crippen LogP) is 1.55. The lowest BCUT2D eigenvalue weighted by atomic mass is 10.1.